The minimum absolute atomic E-state index is 0.152. The van der Waals surface area contributed by atoms with Gasteiger partial charge in [-0.05, 0) is 30.2 Å². The van der Waals surface area contributed by atoms with Crippen LogP contribution in [-0.4, -0.2) is 34.1 Å². The van der Waals surface area contributed by atoms with E-state index in [2.05, 4.69) is 10.2 Å². The summed E-state index contributed by atoms with van der Waals surface area (Å²) in [5.74, 6) is 0.529. The normalized spacial score (nSPS) is 16.3. The first-order valence-electron chi connectivity index (χ1n) is 9.41. The molecule has 1 aliphatic rings. The van der Waals surface area contributed by atoms with Gasteiger partial charge in [-0.25, -0.2) is 4.39 Å². The minimum Gasteiger partial charge on any atom is -0.487 e. The van der Waals surface area contributed by atoms with Crippen molar-refractivity contribution in [2.75, 3.05) is 13.1 Å². The number of nitrogens with one attached hydrogen (secondary N) is 1. The highest BCUT2D eigenvalue weighted by Gasteiger charge is 2.28. The number of amides is 1. The number of nitrogens with zero attached hydrogens (tertiary/aromatic N) is 2. The fourth-order valence-electron chi connectivity index (χ4n) is 3.49. The molecule has 1 atom stereocenters. The number of carbonyl (C=O) groups excluding carboxylic acids is 1. The van der Waals surface area contributed by atoms with Crippen LogP contribution in [0.5, 0.6) is 5.75 Å². The summed E-state index contributed by atoms with van der Waals surface area (Å²) in [5, 5.41) is 7.37. The van der Waals surface area contributed by atoms with E-state index in [1.54, 1.807) is 12.1 Å². The Hall–Kier alpha value is -3.15. The van der Waals surface area contributed by atoms with Gasteiger partial charge in [-0.3, -0.25) is 9.89 Å². The van der Waals surface area contributed by atoms with Crippen LogP contribution < -0.4 is 4.74 Å². The van der Waals surface area contributed by atoms with Crippen LogP contribution in [0.4, 0.5) is 4.39 Å². The first kappa shape index (κ1) is 18.2. The summed E-state index contributed by atoms with van der Waals surface area (Å²) >= 11 is 0. The number of halogens is 1. The van der Waals surface area contributed by atoms with Crippen LogP contribution in [0.2, 0.25) is 0 Å². The van der Waals surface area contributed by atoms with Crippen LogP contribution >= 0.6 is 0 Å². The maximum Gasteiger partial charge on any atom is 0.227 e. The lowest BCUT2D eigenvalue weighted by molar-refractivity contribution is -0.129. The molecule has 6 heteroatoms. The smallest absolute Gasteiger partial charge is 0.227 e. The Kier molecular flexibility index (Phi) is 5.37. The highest BCUT2D eigenvalue weighted by Crippen LogP contribution is 2.27. The molecule has 1 N–H and O–H groups in total. The van der Waals surface area contributed by atoms with Crippen LogP contribution in [0.3, 0.4) is 0 Å². The van der Waals surface area contributed by atoms with Gasteiger partial charge in [0.15, 0.2) is 0 Å². The topological polar surface area (TPSA) is 58.2 Å². The van der Waals surface area contributed by atoms with Gasteiger partial charge in [0, 0.05) is 25.1 Å². The van der Waals surface area contributed by atoms with Crippen molar-refractivity contribution in [2.45, 2.75) is 25.4 Å². The van der Waals surface area contributed by atoms with Crippen molar-refractivity contribution >= 4 is 5.91 Å². The molecule has 1 aromatic heterocycles. The standard InChI is InChI=1S/C22H22FN3O2/c23-18-7-4-8-20(12-18)28-15-19-13-21(25-24-19)17-9-10-26(14-17)22(27)11-16-5-2-1-3-6-16/h1-8,12-13,17H,9-11,14-15H2,(H,24,25). The van der Waals surface area contributed by atoms with E-state index < -0.39 is 0 Å². The highest BCUT2D eigenvalue weighted by atomic mass is 19.1. The van der Waals surface area contributed by atoms with Gasteiger partial charge in [-0.15, -0.1) is 0 Å². The van der Waals surface area contributed by atoms with E-state index in [0.29, 0.717) is 25.3 Å². The van der Waals surface area contributed by atoms with Gasteiger partial charge in [0.25, 0.3) is 0 Å². The van der Waals surface area contributed by atoms with Crippen molar-refractivity contribution < 1.29 is 13.9 Å². The summed E-state index contributed by atoms with van der Waals surface area (Å²) in [6.07, 6.45) is 1.33. The molecular formula is C22H22FN3O2. The monoisotopic (exact) mass is 379 g/mol. The first-order chi connectivity index (χ1) is 13.7. The quantitative estimate of drug-likeness (QED) is 0.711. The second kappa shape index (κ2) is 8.25. The van der Waals surface area contributed by atoms with Gasteiger partial charge in [0.1, 0.15) is 18.2 Å². The zero-order valence-corrected chi connectivity index (χ0v) is 15.5. The average Bonchev–Trinajstić information content (AvgIpc) is 3.37. The summed E-state index contributed by atoms with van der Waals surface area (Å²) in [6, 6.07) is 17.8. The SMILES string of the molecule is O=C(Cc1ccccc1)N1CCC(c2cc(COc3cccc(F)c3)[nH]n2)C1. The van der Waals surface area contributed by atoms with Crippen molar-refractivity contribution in [3.63, 3.8) is 0 Å². The summed E-state index contributed by atoms with van der Waals surface area (Å²) in [7, 11) is 0. The van der Waals surface area contributed by atoms with Crippen molar-refractivity contribution in [1.82, 2.24) is 15.1 Å². The summed E-state index contributed by atoms with van der Waals surface area (Å²) in [5.41, 5.74) is 2.80. The molecule has 1 saturated heterocycles. The van der Waals surface area contributed by atoms with Crippen molar-refractivity contribution in [3.05, 3.63) is 83.4 Å². The fraction of sp³-hybridized carbons (Fsp3) is 0.273. The molecule has 144 valence electrons. The lowest BCUT2D eigenvalue weighted by Gasteiger charge is -2.16. The van der Waals surface area contributed by atoms with Gasteiger partial charge in [0.2, 0.25) is 5.91 Å². The number of carbonyl (C=O) groups is 1. The molecule has 0 spiro atoms. The molecule has 1 unspecified atom stereocenters. The molecule has 3 aromatic rings. The molecule has 4 rings (SSSR count). The van der Waals surface area contributed by atoms with Gasteiger partial charge in [0.05, 0.1) is 17.8 Å². The molecular weight excluding hydrogens is 357 g/mol. The number of hydrogen-bond donors (Lipinski definition) is 1. The number of benzene rings is 2. The molecule has 28 heavy (non-hydrogen) atoms. The molecule has 2 aromatic carbocycles. The Morgan fingerprint density at radius 1 is 1.18 bits per heavy atom. The number of rotatable bonds is 6. The zero-order valence-electron chi connectivity index (χ0n) is 15.5. The van der Waals surface area contributed by atoms with E-state index in [1.807, 2.05) is 41.3 Å². The molecule has 1 fully saturated rings. The lowest BCUT2D eigenvalue weighted by atomic mass is 10.1. The number of likely N-dealkylation sites (tertiary alicyclic amines) is 1. The maximum absolute atomic E-state index is 13.2. The average molecular weight is 379 g/mol. The molecule has 1 aliphatic heterocycles. The maximum atomic E-state index is 13.2. The second-order valence-corrected chi connectivity index (χ2v) is 7.05. The molecule has 0 radical (unpaired) electrons. The number of aromatic nitrogens is 2. The Morgan fingerprint density at radius 3 is 2.86 bits per heavy atom. The molecule has 0 saturated carbocycles. The van der Waals surface area contributed by atoms with Gasteiger partial charge < -0.3 is 9.64 Å². The minimum atomic E-state index is -0.325. The molecule has 0 aliphatic carbocycles. The second-order valence-electron chi connectivity index (χ2n) is 7.05. The molecule has 0 bridgehead atoms. The van der Waals surface area contributed by atoms with Gasteiger partial charge >= 0.3 is 0 Å². The third kappa shape index (κ3) is 4.39. The number of hydrogen-bond acceptors (Lipinski definition) is 3. The van der Waals surface area contributed by atoms with E-state index in [9.17, 15) is 9.18 Å². The fourth-order valence-corrected chi connectivity index (χ4v) is 3.49. The predicted octanol–water partition coefficient (Wildman–Crippen LogP) is 3.69. The lowest BCUT2D eigenvalue weighted by Crippen LogP contribution is -2.29. The summed E-state index contributed by atoms with van der Waals surface area (Å²) in [6.45, 7) is 1.72. The molecule has 2 heterocycles. The molecule has 1 amide bonds. The molecule has 5 nitrogen and oxygen atoms in total. The largest absolute Gasteiger partial charge is 0.487 e. The van der Waals surface area contributed by atoms with E-state index in [-0.39, 0.29) is 17.6 Å². The number of aromatic amines is 1. The Bertz CT molecular complexity index is 942. The Labute approximate surface area is 163 Å². The van der Waals surface area contributed by atoms with Crippen LogP contribution in [-0.2, 0) is 17.8 Å². The van der Waals surface area contributed by atoms with Gasteiger partial charge in [-0.2, -0.15) is 5.10 Å². The van der Waals surface area contributed by atoms with Crippen LogP contribution in [0.15, 0.2) is 60.7 Å². The van der Waals surface area contributed by atoms with Gasteiger partial charge in [-0.1, -0.05) is 36.4 Å². The third-order valence-electron chi connectivity index (χ3n) is 5.00. The van der Waals surface area contributed by atoms with E-state index in [1.165, 1.54) is 12.1 Å². The first-order valence-corrected chi connectivity index (χ1v) is 9.41. The highest BCUT2D eigenvalue weighted by molar-refractivity contribution is 5.79. The third-order valence-corrected chi connectivity index (χ3v) is 5.00. The predicted molar refractivity (Wildman–Crippen MR) is 103 cm³/mol. The van der Waals surface area contributed by atoms with Crippen LogP contribution in [0.25, 0.3) is 0 Å². The number of ether oxygens (including phenoxy) is 1. The zero-order chi connectivity index (χ0) is 19.3. The Balaban J connectivity index is 1.31. The van der Waals surface area contributed by atoms with Crippen molar-refractivity contribution in [2.24, 2.45) is 0 Å². The summed E-state index contributed by atoms with van der Waals surface area (Å²) < 4.78 is 18.8. The van der Waals surface area contributed by atoms with Crippen LogP contribution in [0, 0.1) is 5.82 Å². The Morgan fingerprint density at radius 2 is 2.04 bits per heavy atom. The summed E-state index contributed by atoms with van der Waals surface area (Å²) in [4.78, 5) is 14.4. The van der Waals surface area contributed by atoms with Crippen molar-refractivity contribution in [1.29, 1.82) is 0 Å². The van der Waals surface area contributed by atoms with E-state index in [4.69, 9.17) is 4.74 Å². The van der Waals surface area contributed by atoms with E-state index in [0.717, 1.165) is 29.9 Å². The van der Waals surface area contributed by atoms with Crippen molar-refractivity contribution in [3.8, 4) is 5.75 Å². The number of H-pyrrole nitrogens is 1. The van der Waals surface area contributed by atoms with Crippen LogP contribution in [0.1, 0.15) is 29.3 Å². The van der Waals surface area contributed by atoms with E-state index >= 15 is 0 Å².